The third kappa shape index (κ3) is 35.7. The minimum atomic E-state index is -1.03. The molecule has 0 aliphatic rings. The molecule has 0 saturated carbocycles. The summed E-state index contributed by atoms with van der Waals surface area (Å²) in [6, 6.07) is 0. The van der Waals surface area contributed by atoms with Crippen LogP contribution in [-0.4, -0.2) is 35.6 Å². The van der Waals surface area contributed by atoms with Gasteiger partial charge in [-0.1, -0.05) is 138 Å². The summed E-state index contributed by atoms with van der Waals surface area (Å²) >= 11 is 0. The van der Waals surface area contributed by atoms with Crippen LogP contribution in [0.15, 0.2) is 72.9 Å². The summed E-state index contributed by atoms with van der Waals surface area (Å²) in [6.45, 7) is 3.99. The maximum atomic E-state index is 12.6. The molecule has 0 saturated heterocycles. The van der Waals surface area contributed by atoms with Crippen LogP contribution in [-0.2, 0) is 19.1 Å². The Bertz CT molecular complexity index is 959. The van der Waals surface area contributed by atoms with E-state index in [1.807, 2.05) is 6.08 Å². The molecule has 0 aliphatic carbocycles. The number of ether oxygens (including phenoxy) is 1. The van der Waals surface area contributed by atoms with E-state index in [1.54, 1.807) is 0 Å². The number of amides is 1. The van der Waals surface area contributed by atoms with E-state index in [0.29, 0.717) is 12.8 Å². The fraction of sp³-hybridized carbons (Fsp3) is 0.643. The van der Waals surface area contributed by atoms with E-state index in [1.165, 1.54) is 44.9 Å². The lowest BCUT2D eigenvalue weighted by molar-refractivity contribution is -0.147. The lowest BCUT2D eigenvalue weighted by atomic mass is 10.1. The van der Waals surface area contributed by atoms with Crippen LogP contribution < -0.4 is 5.32 Å². The molecule has 1 atom stereocenters. The zero-order chi connectivity index (χ0) is 35.2. The van der Waals surface area contributed by atoms with Gasteiger partial charge in [0.25, 0.3) is 0 Å². The molecule has 0 heterocycles. The fourth-order valence-corrected chi connectivity index (χ4v) is 5.05. The van der Waals surface area contributed by atoms with Gasteiger partial charge in [0.05, 0.1) is 0 Å². The van der Waals surface area contributed by atoms with Crippen molar-refractivity contribution < 1.29 is 24.2 Å². The number of hydrogen-bond donors (Lipinski definition) is 2. The van der Waals surface area contributed by atoms with Gasteiger partial charge >= 0.3 is 11.9 Å². The molecule has 1 amide bonds. The summed E-state index contributed by atoms with van der Waals surface area (Å²) in [5.41, 5.74) is 0. The third-order valence-electron chi connectivity index (χ3n) is 7.83. The smallest absolute Gasteiger partial charge is 0.322 e. The molecule has 0 aromatic carbocycles. The monoisotopic (exact) mass is 668 g/mol. The van der Waals surface area contributed by atoms with Crippen LogP contribution in [0, 0.1) is 0 Å². The van der Waals surface area contributed by atoms with E-state index >= 15 is 0 Å². The van der Waals surface area contributed by atoms with Crippen molar-refractivity contribution >= 4 is 17.8 Å². The first kappa shape index (κ1) is 44.9. The molecule has 0 aromatic rings. The second-order valence-electron chi connectivity index (χ2n) is 12.4. The SMILES string of the molecule is CC/C=C\C/C=C\C/C=C\C/C=C\CCCCCCCCCCC(=O)OC(/C=C\C/C=C\CCC)CCCCCCC(=O)NCC(=O)O. The Morgan fingerprint density at radius 3 is 1.69 bits per heavy atom. The first-order valence-corrected chi connectivity index (χ1v) is 19.1. The number of rotatable bonds is 33. The Kier molecular flexibility index (Phi) is 34.3. The van der Waals surface area contributed by atoms with Gasteiger partial charge in [-0.05, 0) is 83.1 Å². The van der Waals surface area contributed by atoms with Gasteiger partial charge in [0.1, 0.15) is 12.6 Å². The number of carboxylic acid groups (broad SMARTS) is 1. The van der Waals surface area contributed by atoms with Gasteiger partial charge in [-0.3, -0.25) is 14.4 Å². The van der Waals surface area contributed by atoms with E-state index in [4.69, 9.17) is 9.84 Å². The molecule has 0 fully saturated rings. The van der Waals surface area contributed by atoms with Crippen LogP contribution in [0.3, 0.4) is 0 Å². The Morgan fingerprint density at radius 2 is 1.08 bits per heavy atom. The number of carbonyl (C=O) groups is 3. The number of esters is 1. The maximum absolute atomic E-state index is 12.6. The van der Waals surface area contributed by atoms with Gasteiger partial charge in [0.2, 0.25) is 5.91 Å². The van der Waals surface area contributed by atoms with Crippen molar-refractivity contribution in [3.8, 4) is 0 Å². The van der Waals surface area contributed by atoms with Crippen LogP contribution in [0.25, 0.3) is 0 Å². The molecular formula is C42H69NO5. The predicted molar refractivity (Wildman–Crippen MR) is 203 cm³/mol. The third-order valence-corrected chi connectivity index (χ3v) is 7.83. The molecule has 6 heteroatoms. The van der Waals surface area contributed by atoms with Crippen molar-refractivity contribution in [1.29, 1.82) is 0 Å². The molecule has 0 bridgehead atoms. The Morgan fingerprint density at radius 1 is 0.583 bits per heavy atom. The molecule has 0 aromatic heterocycles. The average molecular weight is 668 g/mol. The van der Waals surface area contributed by atoms with E-state index in [0.717, 1.165) is 89.9 Å². The summed E-state index contributed by atoms with van der Waals surface area (Å²) < 4.78 is 5.84. The van der Waals surface area contributed by atoms with E-state index in [9.17, 15) is 14.4 Å². The molecule has 6 nitrogen and oxygen atoms in total. The second-order valence-corrected chi connectivity index (χ2v) is 12.4. The van der Waals surface area contributed by atoms with E-state index in [2.05, 4.69) is 86.0 Å². The number of carbonyl (C=O) groups excluding carboxylic acids is 2. The summed E-state index contributed by atoms with van der Waals surface area (Å²) in [4.78, 5) is 34.8. The summed E-state index contributed by atoms with van der Waals surface area (Å²) in [5, 5.41) is 11.0. The quantitative estimate of drug-likeness (QED) is 0.0413. The topological polar surface area (TPSA) is 92.7 Å². The van der Waals surface area contributed by atoms with Gasteiger partial charge in [-0.25, -0.2) is 0 Å². The summed E-state index contributed by atoms with van der Waals surface area (Å²) in [5.74, 6) is -1.37. The van der Waals surface area contributed by atoms with E-state index in [-0.39, 0.29) is 24.5 Å². The molecule has 0 rings (SSSR count). The molecule has 0 radical (unpaired) electrons. The van der Waals surface area contributed by atoms with E-state index < -0.39 is 5.97 Å². The van der Waals surface area contributed by atoms with Crippen molar-refractivity contribution in [1.82, 2.24) is 5.32 Å². The average Bonchev–Trinajstić information content (AvgIpc) is 3.07. The predicted octanol–water partition coefficient (Wildman–Crippen LogP) is 11.4. The maximum Gasteiger partial charge on any atom is 0.322 e. The van der Waals surface area contributed by atoms with Gasteiger partial charge in [0.15, 0.2) is 0 Å². The second kappa shape index (κ2) is 36.7. The first-order valence-electron chi connectivity index (χ1n) is 19.1. The first-order chi connectivity index (χ1) is 23.5. The highest BCUT2D eigenvalue weighted by Crippen LogP contribution is 2.15. The number of allylic oxidation sites excluding steroid dienone is 11. The zero-order valence-corrected chi connectivity index (χ0v) is 30.6. The minimum absolute atomic E-state index is 0.114. The van der Waals surface area contributed by atoms with Gasteiger partial charge in [-0.15, -0.1) is 0 Å². The molecule has 0 aliphatic heterocycles. The Balaban J connectivity index is 4.01. The molecule has 272 valence electrons. The number of hydrogen-bond acceptors (Lipinski definition) is 4. The summed E-state index contributed by atoms with van der Waals surface area (Å²) in [7, 11) is 0. The number of unbranched alkanes of at least 4 members (excludes halogenated alkanes) is 12. The zero-order valence-electron chi connectivity index (χ0n) is 30.6. The molecule has 48 heavy (non-hydrogen) atoms. The highest BCUT2D eigenvalue weighted by molar-refractivity contribution is 5.80. The van der Waals surface area contributed by atoms with Gasteiger partial charge in [0, 0.05) is 12.8 Å². The molecule has 1 unspecified atom stereocenters. The van der Waals surface area contributed by atoms with Crippen LogP contribution in [0.5, 0.6) is 0 Å². The molecule has 0 spiro atoms. The van der Waals surface area contributed by atoms with Crippen molar-refractivity contribution in [3.63, 3.8) is 0 Å². The Hall–Kier alpha value is -3.15. The van der Waals surface area contributed by atoms with Crippen molar-refractivity contribution in [3.05, 3.63) is 72.9 Å². The standard InChI is InChI=1S/C42H69NO5/c1-3-5-7-9-11-12-13-14-15-16-17-18-19-20-21-22-23-24-25-27-33-37-42(47)48-39(34-30-26-10-8-6-4-2)35-31-28-29-32-36-40(44)43-38-41(45)46/h5,7-8,10-12,14-15,17-18,30,34,39H,3-4,6,9,13,16,19-29,31-33,35-38H2,1-2H3,(H,43,44)(H,45,46)/b7-5-,10-8-,12-11-,15-14-,18-17-,34-30-. The van der Waals surface area contributed by atoms with Gasteiger partial charge < -0.3 is 15.2 Å². The number of aliphatic carboxylic acids is 1. The highest BCUT2D eigenvalue weighted by atomic mass is 16.5. The highest BCUT2D eigenvalue weighted by Gasteiger charge is 2.11. The Labute approximate surface area is 294 Å². The van der Waals surface area contributed by atoms with Crippen molar-refractivity contribution in [2.24, 2.45) is 0 Å². The minimum Gasteiger partial charge on any atom is -0.480 e. The largest absolute Gasteiger partial charge is 0.480 e. The van der Waals surface area contributed by atoms with Crippen molar-refractivity contribution in [2.45, 2.75) is 168 Å². The van der Waals surface area contributed by atoms with Gasteiger partial charge in [-0.2, -0.15) is 0 Å². The van der Waals surface area contributed by atoms with Crippen molar-refractivity contribution in [2.75, 3.05) is 6.54 Å². The summed E-state index contributed by atoms with van der Waals surface area (Å²) in [6.07, 6.45) is 49.1. The number of carboxylic acids is 1. The van der Waals surface area contributed by atoms with Crippen LogP contribution in [0.1, 0.15) is 162 Å². The normalized spacial score (nSPS) is 12.9. The van der Waals surface area contributed by atoms with Crippen LogP contribution in [0.4, 0.5) is 0 Å². The molecular weight excluding hydrogens is 598 g/mol. The fourth-order valence-electron chi connectivity index (χ4n) is 5.05. The molecule has 2 N–H and O–H groups in total. The van der Waals surface area contributed by atoms with Crippen LogP contribution >= 0.6 is 0 Å². The van der Waals surface area contributed by atoms with Crippen LogP contribution in [0.2, 0.25) is 0 Å². The lowest BCUT2D eigenvalue weighted by Crippen LogP contribution is -2.28. The lowest BCUT2D eigenvalue weighted by Gasteiger charge is -2.14. The number of nitrogens with one attached hydrogen (secondary N) is 1.